The van der Waals surface area contributed by atoms with E-state index in [0.717, 1.165) is 5.82 Å². The zero-order valence-corrected chi connectivity index (χ0v) is 8.84. The molecule has 0 amide bonds. The van der Waals surface area contributed by atoms with Gasteiger partial charge in [-0.3, -0.25) is 4.68 Å². The number of aliphatic hydroxyl groups is 1. The largest absolute Gasteiger partial charge is 0.392 e. The lowest BCUT2D eigenvalue weighted by atomic mass is 10.0. The summed E-state index contributed by atoms with van der Waals surface area (Å²) in [5.74, 6) is 0.900. The maximum absolute atomic E-state index is 9.78. The Morgan fingerprint density at radius 1 is 1.64 bits per heavy atom. The highest BCUT2D eigenvalue weighted by Crippen LogP contribution is 2.08. The van der Waals surface area contributed by atoms with Crippen LogP contribution >= 0.6 is 0 Å². The highest BCUT2D eigenvalue weighted by molar-refractivity contribution is 4.87. The van der Waals surface area contributed by atoms with Gasteiger partial charge in [-0.15, -0.1) is 0 Å². The first-order valence-corrected chi connectivity index (χ1v) is 4.65. The molecule has 0 aromatic carbocycles. The number of nitrogens with zero attached hydrogens (tertiary/aromatic N) is 3. The molecule has 0 bridgehead atoms. The number of hydrogen-bond donors (Lipinski definition) is 1. The van der Waals surface area contributed by atoms with Crippen molar-refractivity contribution in [2.75, 3.05) is 13.7 Å². The topological polar surface area (TPSA) is 60.2 Å². The van der Waals surface area contributed by atoms with E-state index in [0.29, 0.717) is 13.0 Å². The van der Waals surface area contributed by atoms with Crippen LogP contribution in [0.3, 0.4) is 0 Å². The van der Waals surface area contributed by atoms with E-state index in [4.69, 9.17) is 4.74 Å². The molecule has 0 radical (unpaired) electrons. The van der Waals surface area contributed by atoms with Crippen LogP contribution in [0.25, 0.3) is 0 Å². The third kappa shape index (κ3) is 2.78. The Morgan fingerprint density at radius 3 is 2.86 bits per heavy atom. The first-order chi connectivity index (χ1) is 6.65. The minimum absolute atomic E-state index is 0.108. The number of aliphatic hydroxyl groups excluding tert-OH is 1. The molecule has 1 heterocycles. The second-order valence-electron chi connectivity index (χ2n) is 3.50. The van der Waals surface area contributed by atoms with Gasteiger partial charge in [0.2, 0.25) is 0 Å². The van der Waals surface area contributed by atoms with Gasteiger partial charge in [-0.05, 0) is 0 Å². The molecule has 2 atom stereocenters. The molecule has 80 valence electrons. The van der Waals surface area contributed by atoms with Crippen LogP contribution in [0.4, 0.5) is 0 Å². The van der Waals surface area contributed by atoms with Crippen LogP contribution in [0, 0.1) is 5.92 Å². The molecule has 1 N–H and O–H groups in total. The molecule has 0 fully saturated rings. The van der Waals surface area contributed by atoms with Crippen molar-refractivity contribution in [3.63, 3.8) is 0 Å². The molecule has 5 nitrogen and oxygen atoms in total. The van der Waals surface area contributed by atoms with Crippen LogP contribution in [0.1, 0.15) is 12.7 Å². The van der Waals surface area contributed by atoms with Gasteiger partial charge < -0.3 is 9.84 Å². The van der Waals surface area contributed by atoms with Gasteiger partial charge in [-0.25, -0.2) is 4.98 Å². The Hall–Kier alpha value is -0.940. The highest BCUT2D eigenvalue weighted by Gasteiger charge is 2.16. The van der Waals surface area contributed by atoms with E-state index >= 15 is 0 Å². The number of aromatic nitrogens is 3. The van der Waals surface area contributed by atoms with E-state index in [1.54, 1.807) is 11.8 Å². The van der Waals surface area contributed by atoms with Gasteiger partial charge in [-0.1, -0.05) is 6.92 Å². The minimum atomic E-state index is -0.433. The van der Waals surface area contributed by atoms with E-state index < -0.39 is 6.10 Å². The lowest BCUT2D eigenvalue weighted by Gasteiger charge is -2.17. The normalized spacial score (nSPS) is 15.4. The molecule has 0 saturated carbocycles. The van der Waals surface area contributed by atoms with Gasteiger partial charge >= 0.3 is 0 Å². The van der Waals surface area contributed by atoms with Gasteiger partial charge in [0.1, 0.15) is 12.2 Å². The Bertz CT molecular complexity index is 275. The van der Waals surface area contributed by atoms with Crippen LogP contribution in [0.5, 0.6) is 0 Å². The SMILES string of the molecule is COCC(C)C(O)Cc1ncnn1C. The number of aryl methyl sites for hydroxylation is 1. The van der Waals surface area contributed by atoms with Gasteiger partial charge in [0.25, 0.3) is 0 Å². The van der Waals surface area contributed by atoms with Crippen LogP contribution in [-0.2, 0) is 18.2 Å². The minimum Gasteiger partial charge on any atom is -0.392 e. The van der Waals surface area contributed by atoms with Crippen molar-refractivity contribution in [1.29, 1.82) is 0 Å². The van der Waals surface area contributed by atoms with Gasteiger partial charge in [-0.2, -0.15) is 5.10 Å². The fraction of sp³-hybridized carbons (Fsp3) is 0.778. The Labute approximate surface area is 83.7 Å². The summed E-state index contributed by atoms with van der Waals surface area (Å²) in [6, 6.07) is 0. The maximum atomic E-state index is 9.78. The average Bonchev–Trinajstić information content (AvgIpc) is 2.52. The molecule has 2 unspecified atom stereocenters. The van der Waals surface area contributed by atoms with Gasteiger partial charge in [0.05, 0.1) is 12.7 Å². The Kier molecular flexibility index (Phi) is 4.03. The summed E-state index contributed by atoms with van der Waals surface area (Å²) in [7, 11) is 3.45. The lowest BCUT2D eigenvalue weighted by molar-refractivity contribution is 0.0558. The number of hydrogen-bond acceptors (Lipinski definition) is 4. The third-order valence-electron chi connectivity index (χ3n) is 2.28. The summed E-state index contributed by atoms with van der Waals surface area (Å²) < 4.78 is 6.64. The zero-order valence-electron chi connectivity index (χ0n) is 8.84. The van der Waals surface area contributed by atoms with Crippen molar-refractivity contribution < 1.29 is 9.84 Å². The number of rotatable bonds is 5. The molecule has 0 saturated heterocycles. The molecule has 0 spiro atoms. The van der Waals surface area contributed by atoms with E-state index in [1.165, 1.54) is 6.33 Å². The molecule has 0 aliphatic carbocycles. The first kappa shape index (κ1) is 11.1. The lowest BCUT2D eigenvalue weighted by Crippen LogP contribution is -2.25. The Balaban J connectivity index is 2.48. The average molecular weight is 199 g/mol. The predicted molar refractivity (Wildman–Crippen MR) is 51.8 cm³/mol. The fourth-order valence-corrected chi connectivity index (χ4v) is 1.27. The zero-order chi connectivity index (χ0) is 10.6. The number of methoxy groups -OCH3 is 1. The van der Waals surface area contributed by atoms with Crippen molar-refractivity contribution in [3.8, 4) is 0 Å². The Morgan fingerprint density at radius 2 is 2.36 bits per heavy atom. The smallest absolute Gasteiger partial charge is 0.138 e. The van der Waals surface area contributed by atoms with Crippen LogP contribution in [0.15, 0.2) is 6.33 Å². The summed E-state index contributed by atoms with van der Waals surface area (Å²) in [6.45, 7) is 2.50. The molecular weight excluding hydrogens is 182 g/mol. The van der Waals surface area contributed by atoms with Gasteiger partial charge in [0.15, 0.2) is 0 Å². The van der Waals surface area contributed by atoms with Crippen molar-refractivity contribution in [1.82, 2.24) is 14.8 Å². The highest BCUT2D eigenvalue weighted by atomic mass is 16.5. The van der Waals surface area contributed by atoms with E-state index in [1.807, 2.05) is 14.0 Å². The molecule has 1 rings (SSSR count). The van der Waals surface area contributed by atoms with Crippen molar-refractivity contribution in [2.45, 2.75) is 19.4 Å². The van der Waals surface area contributed by atoms with Crippen molar-refractivity contribution in [2.24, 2.45) is 13.0 Å². The predicted octanol–water partition coefficient (Wildman–Crippen LogP) is 0.001000. The maximum Gasteiger partial charge on any atom is 0.138 e. The summed E-state index contributed by atoms with van der Waals surface area (Å²) in [5, 5.41) is 13.7. The molecule has 14 heavy (non-hydrogen) atoms. The van der Waals surface area contributed by atoms with Crippen LogP contribution in [-0.4, -0.2) is 39.7 Å². The van der Waals surface area contributed by atoms with Crippen molar-refractivity contribution >= 4 is 0 Å². The molecule has 0 aliphatic heterocycles. The molecular formula is C9H17N3O2. The molecule has 5 heteroatoms. The third-order valence-corrected chi connectivity index (χ3v) is 2.28. The molecule has 1 aromatic rings. The van der Waals surface area contributed by atoms with E-state index in [2.05, 4.69) is 10.1 Å². The second-order valence-corrected chi connectivity index (χ2v) is 3.50. The quantitative estimate of drug-likeness (QED) is 0.725. The van der Waals surface area contributed by atoms with Crippen LogP contribution < -0.4 is 0 Å². The second kappa shape index (κ2) is 5.07. The summed E-state index contributed by atoms with van der Waals surface area (Å²) in [6.07, 6.45) is 1.57. The summed E-state index contributed by atoms with van der Waals surface area (Å²) in [5.41, 5.74) is 0. The summed E-state index contributed by atoms with van der Waals surface area (Å²) >= 11 is 0. The van der Waals surface area contributed by atoms with Crippen molar-refractivity contribution in [3.05, 3.63) is 12.2 Å². The van der Waals surface area contributed by atoms with Gasteiger partial charge in [0, 0.05) is 26.5 Å². The van der Waals surface area contributed by atoms with E-state index in [9.17, 15) is 5.11 Å². The fourth-order valence-electron chi connectivity index (χ4n) is 1.27. The molecule has 1 aromatic heterocycles. The molecule has 0 aliphatic rings. The van der Waals surface area contributed by atoms with E-state index in [-0.39, 0.29) is 5.92 Å². The monoisotopic (exact) mass is 199 g/mol. The van der Waals surface area contributed by atoms with Crippen LogP contribution in [0.2, 0.25) is 0 Å². The number of ether oxygens (including phenoxy) is 1. The summed E-state index contributed by atoms with van der Waals surface area (Å²) in [4.78, 5) is 4.05. The first-order valence-electron chi connectivity index (χ1n) is 4.65. The standard InChI is InChI=1S/C9H17N3O2/c1-7(5-14-3)8(13)4-9-10-6-11-12(9)2/h6-8,13H,4-5H2,1-3H3.